The van der Waals surface area contributed by atoms with E-state index in [1.54, 1.807) is 18.5 Å². The third-order valence-corrected chi connectivity index (χ3v) is 3.21. The predicted molar refractivity (Wildman–Crippen MR) is 74.7 cm³/mol. The van der Waals surface area contributed by atoms with E-state index in [1.807, 2.05) is 12.1 Å². The van der Waals surface area contributed by atoms with Gasteiger partial charge in [-0.2, -0.15) is 5.10 Å². The standard InChI is InChI=1S/C13H15N5O3/c19-13(20)18-6-9(7-18)8-21-12-5-10(1-3-14-12)16-11-2-4-15-17-11/h1-5,9H,6-8H2,(H,19,20)(H2,14,15,16,17). The minimum Gasteiger partial charge on any atom is -0.477 e. The molecule has 8 heteroatoms. The fourth-order valence-electron chi connectivity index (χ4n) is 2.08. The van der Waals surface area contributed by atoms with Crippen LogP contribution in [0.25, 0.3) is 0 Å². The van der Waals surface area contributed by atoms with E-state index in [1.165, 1.54) is 4.90 Å². The zero-order valence-electron chi connectivity index (χ0n) is 11.2. The van der Waals surface area contributed by atoms with Crippen LogP contribution in [0.15, 0.2) is 30.6 Å². The molecule has 1 amide bonds. The van der Waals surface area contributed by atoms with Crippen LogP contribution in [0.1, 0.15) is 0 Å². The number of carbonyl (C=O) groups is 1. The number of ether oxygens (including phenoxy) is 1. The number of H-pyrrole nitrogens is 1. The molecule has 0 radical (unpaired) electrons. The SMILES string of the molecule is O=C(O)N1CC(COc2cc(Nc3ccn[nH]3)ccn2)C1. The van der Waals surface area contributed by atoms with Gasteiger partial charge < -0.3 is 20.1 Å². The van der Waals surface area contributed by atoms with Gasteiger partial charge in [0.05, 0.1) is 12.8 Å². The van der Waals surface area contributed by atoms with Crippen LogP contribution in [0.3, 0.4) is 0 Å². The lowest BCUT2D eigenvalue weighted by Crippen LogP contribution is -2.51. The maximum atomic E-state index is 10.7. The van der Waals surface area contributed by atoms with Gasteiger partial charge in [-0.05, 0) is 6.07 Å². The zero-order chi connectivity index (χ0) is 14.7. The maximum absolute atomic E-state index is 10.7. The van der Waals surface area contributed by atoms with Crippen molar-refractivity contribution in [3.05, 3.63) is 30.6 Å². The molecule has 3 N–H and O–H groups in total. The molecule has 21 heavy (non-hydrogen) atoms. The van der Waals surface area contributed by atoms with Crippen molar-refractivity contribution in [3.8, 4) is 5.88 Å². The minimum atomic E-state index is -0.880. The van der Waals surface area contributed by atoms with Crippen LogP contribution in [0, 0.1) is 5.92 Å². The molecule has 8 nitrogen and oxygen atoms in total. The third kappa shape index (κ3) is 3.22. The summed E-state index contributed by atoms with van der Waals surface area (Å²) in [6, 6.07) is 5.42. The molecule has 0 bridgehead atoms. The molecule has 0 aliphatic carbocycles. The van der Waals surface area contributed by atoms with E-state index in [4.69, 9.17) is 9.84 Å². The number of hydrogen-bond donors (Lipinski definition) is 3. The van der Waals surface area contributed by atoms with E-state index in [9.17, 15) is 4.79 Å². The number of likely N-dealkylation sites (tertiary alicyclic amines) is 1. The van der Waals surface area contributed by atoms with Gasteiger partial charge in [-0.1, -0.05) is 0 Å². The van der Waals surface area contributed by atoms with Crippen molar-refractivity contribution in [3.63, 3.8) is 0 Å². The van der Waals surface area contributed by atoms with E-state index in [0.717, 1.165) is 11.5 Å². The van der Waals surface area contributed by atoms with Crippen LogP contribution in [0.5, 0.6) is 5.88 Å². The summed E-state index contributed by atoms with van der Waals surface area (Å²) in [5.74, 6) is 1.52. The van der Waals surface area contributed by atoms with Crippen molar-refractivity contribution in [2.75, 3.05) is 25.0 Å². The monoisotopic (exact) mass is 289 g/mol. The Kier molecular flexibility index (Phi) is 3.59. The number of aromatic nitrogens is 3. The Bertz CT molecular complexity index is 610. The average molecular weight is 289 g/mol. The largest absolute Gasteiger partial charge is 0.477 e. The second-order valence-electron chi connectivity index (χ2n) is 4.84. The number of hydrogen-bond acceptors (Lipinski definition) is 5. The fraction of sp³-hybridized carbons (Fsp3) is 0.308. The third-order valence-electron chi connectivity index (χ3n) is 3.21. The van der Waals surface area contributed by atoms with Crippen LogP contribution in [0.4, 0.5) is 16.3 Å². The molecule has 1 saturated heterocycles. The van der Waals surface area contributed by atoms with E-state index >= 15 is 0 Å². The van der Waals surface area contributed by atoms with Gasteiger partial charge in [-0.3, -0.25) is 5.10 Å². The second kappa shape index (κ2) is 5.70. The molecule has 0 spiro atoms. The molecule has 2 aromatic rings. The van der Waals surface area contributed by atoms with Gasteiger partial charge in [0.2, 0.25) is 5.88 Å². The molecule has 110 valence electrons. The van der Waals surface area contributed by atoms with Crippen molar-refractivity contribution >= 4 is 17.6 Å². The first kappa shape index (κ1) is 13.2. The van der Waals surface area contributed by atoms with Gasteiger partial charge in [0.25, 0.3) is 0 Å². The van der Waals surface area contributed by atoms with E-state index in [0.29, 0.717) is 25.6 Å². The molecule has 1 fully saturated rings. The van der Waals surface area contributed by atoms with Gasteiger partial charge in [0.15, 0.2) is 0 Å². The Morgan fingerprint density at radius 3 is 3.05 bits per heavy atom. The minimum absolute atomic E-state index is 0.229. The van der Waals surface area contributed by atoms with Gasteiger partial charge in [0.1, 0.15) is 5.82 Å². The summed E-state index contributed by atoms with van der Waals surface area (Å²) in [7, 11) is 0. The summed E-state index contributed by atoms with van der Waals surface area (Å²) in [4.78, 5) is 16.1. The Hall–Kier alpha value is -2.77. The highest BCUT2D eigenvalue weighted by atomic mass is 16.5. The topological polar surface area (TPSA) is 103 Å². The summed E-state index contributed by atoms with van der Waals surface area (Å²) in [5, 5.41) is 18.5. The van der Waals surface area contributed by atoms with Gasteiger partial charge in [-0.15, -0.1) is 0 Å². The highest BCUT2D eigenvalue weighted by Crippen LogP contribution is 2.20. The Balaban J connectivity index is 1.51. The molecule has 3 rings (SSSR count). The smallest absolute Gasteiger partial charge is 0.407 e. The van der Waals surface area contributed by atoms with Gasteiger partial charge in [0, 0.05) is 43.0 Å². The van der Waals surface area contributed by atoms with Crippen LogP contribution >= 0.6 is 0 Å². The van der Waals surface area contributed by atoms with Gasteiger partial charge in [-0.25, -0.2) is 9.78 Å². The zero-order valence-corrected chi connectivity index (χ0v) is 11.2. The molecule has 0 unspecified atom stereocenters. The van der Waals surface area contributed by atoms with E-state index in [2.05, 4.69) is 20.5 Å². The molecule has 0 saturated carbocycles. The molecule has 1 aliphatic heterocycles. The number of nitrogens with one attached hydrogen (secondary N) is 2. The van der Waals surface area contributed by atoms with E-state index < -0.39 is 6.09 Å². The van der Waals surface area contributed by atoms with E-state index in [-0.39, 0.29) is 5.92 Å². The number of nitrogens with zero attached hydrogens (tertiary/aromatic N) is 3. The highest BCUT2D eigenvalue weighted by molar-refractivity contribution is 5.66. The summed E-state index contributed by atoms with van der Waals surface area (Å²) in [5.41, 5.74) is 0.838. The first-order valence-electron chi connectivity index (χ1n) is 6.54. The fourth-order valence-corrected chi connectivity index (χ4v) is 2.08. The number of aromatic amines is 1. The Labute approximate surface area is 120 Å². The highest BCUT2D eigenvalue weighted by Gasteiger charge is 2.30. The summed E-state index contributed by atoms with van der Waals surface area (Å²) < 4.78 is 5.60. The molecule has 2 aromatic heterocycles. The lowest BCUT2D eigenvalue weighted by atomic mass is 10.0. The molecule has 0 atom stereocenters. The van der Waals surface area contributed by atoms with Crippen LogP contribution in [-0.4, -0.2) is 51.0 Å². The summed E-state index contributed by atoms with van der Waals surface area (Å²) >= 11 is 0. The molecule has 3 heterocycles. The predicted octanol–water partition coefficient (Wildman–Crippen LogP) is 1.54. The first-order chi connectivity index (χ1) is 10.2. The first-order valence-corrected chi connectivity index (χ1v) is 6.54. The molecular formula is C13H15N5O3. The summed E-state index contributed by atoms with van der Waals surface area (Å²) in [6.45, 7) is 1.49. The summed E-state index contributed by atoms with van der Waals surface area (Å²) in [6.07, 6.45) is 2.43. The van der Waals surface area contributed by atoms with Crippen molar-refractivity contribution in [2.24, 2.45) is 5.92 Å². The van der Waals surface area contributed by atoms with Crippen molar-refractivity contribution < 1.29 is 14.6 Å². The lowest BCUT2D eigenvalue weighted by molar-refractivity contribution is 0.0576. The normalized spacial score (nSPS) is 14.6. The Morgan fingerprint density at radius 1 is 1.48 bits per heavy atom. The van der Waals surface area contributed by atoms with Gasteiger partial charge >= 0.3 is 6.09 Å². The van der Waals surface area contributed by atoms with Crippen molar-refractivity contribution in [1.82, 2.24) is 20.1 Å². The van der Waals surface area contributed by atoms with Crippen LogP contribution < -0.4 is 10.1 Å². The van der Waals surface area contributed by atoms with Crippen molar-refractivity contribution in [2.45, 2.75) is 0 Å². The van der Waals surface area contributed by atoms with Crippen LogP contribution in [0.2, 0.25) is 0 Å². The molecule has 1 aliphatic rings. The molecular weight excluding hydrogens is 274 g/mol. The quantitative estimate of drug-likeness (QED) is 0.771. The number of pyridine rings is 1. The maximum Gasteiger partial charge on any atom is 0.407 e. The Morgan fingerprint density at radius 2 is 2.33 bits per heavy atom. The second-order valence-corrected chi connectivity index (χ2v) is 4.84. The number of amides is 1. The van der Waals surface area contributed by atoms with Crippen LogP contribution in [-0.2, 0) is 0 Å². The number of rotatable bonds is 5. The molecule has 0 aromatic carbocycles. The number of carboxylic acid groups (broad SMARTS) is 1. The lowest BCUT2D eigenvalue weighted by Gasteiger charge is -2.36. The number of anilines is 2. The average Bonchev–Trinajstić information content (AvgIpc) is 2.90. The van der Waals surface area contributed by atoms with Crippen molar-refractivity contribution in [1.29, 1.82) is 0 Å².